The average Bonchev–Trinajstić information content (AvgIpc) is 2.17. The molecule has 4 nitrogen and oxygen atoms in total. The van der Waals surface area contributed by atoms with Crippen LogP contribution in [-0.4, -0.2) is 22.8 Å². The molecule has 0 radical (unpaired) electrons. The third-order valence-electron chi connectivity index (χ3n) is 1.87. The molecule has 1 aromatic rings. The van der Waals surface area contributed by atoms with Crippen molar-refractivity contribution in [3.63, 3.8) is 0 Å². The Labute approximate surface area is 74.4 Å². The summed E-state index contributed by atoms with van der Waals surface area (Å²) in [6, 6.07) is 7.45. The molecule has 0 aliphatic carbocycles. The van der Waals surface area contributed by atoms with Crippen LogP contribution in [0.1, 0.15) is 0 Å². The van der Waals surface area contributed by atoms with Crippen LogP contribution in [0.15, 0.2) is 29.4 Å². The topological polar surface area (TPSA) is 52.9 Å². The molecule has 0 aromatic heterocycles. The molecule has 1 aliphatic heterocycles. The number of hydrogen-bond acceptors (Lipinski definition) is 2. The summed E-state index contributed by atoms with van der Waals surface area (Å²) in [5.41, 5.74) is 0. The summed E-state index contributed by atoms with van der Waals surface area (Å²) in [4.78, 5) is 10.6. The largest absolute Gasteiger partial charge is 0.464 e. The van der Waals surface area contributed by atoms with Crippen LogP contribution in [0.3, 0.4) is 0 Å². The molecule has 1 N–H and O–H groups in total. The predicted octanol–water partition coefficient (Wildman–Crippen LogP) is -0.00470. The van der Waals surface area contributed by atoms with Gasteiger partial charge in [0.25, 0.3) is 0 Å². The highest BCUT2D eigenvalue weighted by Gasteiger charge is 2.10. The number of hydrogen-bond donors (Lipinski definition) is 1. The van der Waals surface area contributed by atoms with Gasteiger partial charge in [0.1, 0.15) is 0 Å². The van der Waals surface area contributed by atoms with Gasteiger partial charge in [-0.3, -0.25) is 0 Å². The first kappa shape index (κ1) is 7.79. The van der Waals surface area contributed by atoms with Crippen LogP contribution in [0, 0.1) is 0 Å². The maximum absolute atomic E-state index is 10.6. The maximum atomic E-state index is 10.6. The number of amides is 1. The molecule has 0 bridgehead atoms. The van der Waals surface area contributed by atoms with E-state index in [-0.39, 0.29) is 0 Å². The monoisotopic (exact) mass is 176 g/mol. The van der Waals surface area contributed by atoms with E-state index in [1.54, 1.807) is 6.07 Å². The van der Waals surface area contributed by atoms with Crippen molar-refractivity contribution in [2.45, 2.75) is 0 Å². The van der Waals surface area contributed by atoms with Crippen molar-refractivity contribution in [2.24, 2.45) is 5.10 Å². The van der Waals surface area contributed by atoms with E-state index in [9.17, 15) is 4.79 Å². The Kier molecular flexibility index (Phi) is 1.73. The van der Waals surface area contributed by atoms with Crippen LogP contribution in [-0.2, 0) is 0 Å². The second-order valence-corrected chi connectivity index (χ2v) is 2.73. The molecule has 4 heteroatoms. The van der Waals surface area contributed by atoms with Crippen molar-refractivity contribution in [1.82, 2.24) is 5.01 Å². The van der Waals surface area contributed by atoms with Gasteiger partial charge in [0.2, 0.25) is 0 Å². The molecule has 0 atom stereocenters. The lowest BCUT2D eigenvalue weighted by Crippen LogP contribution is -2.38. The molecule has 0 saturated carbocycles. The van der Waals surface area contributed by atoms with Gasteiger partial charge in [0, 0.05) is 0 Å². The van der Waals surface area contributed by atoms with Gasteiger partial charge >= 0.3 is 6.09 Å². The highest BCUT2D eigenvalue weighted by Crippen LogP contribution is 1.92. The smallest absolute Gasteiger partial charge is 0.428 e. The van der Waals surface area contributed by atoms with Gasteiger partial charge in [-0.1, -0.05) is 24.3 Å². The zero-order valence-corrected chi connectivity index (χ0v) is 6.84. The maximum Gasteiger partial charge on any atom is 0.428 e. The fourth-order valence-corrected chi connectivity index (χ4v) is 1.23. The van der Waals surface area contributed by atoms with E-state index < -0.39 is 6.09 Å². The van der Waals surface area contributed by atoms with E-state index in [1.807, 2.05) is 24.3 Å². The fourth-order valence-electron chi connectivity index (χ4n) is 1.23. The number of benzene rings is 1. The number of rotatable bonds is 0. The van der Waals surface area contributed by atoms with E-state index in [4.69, 9.17) is 5.11 Å². The Bertz CT molecular complexity index is 453. The Morgan fingerprint density at radius 2 is 2.23 bits per heavy atom. The lowest BCUT2D eigenvalue weighted by Gasteiger charge is -2.13. The van der Waals surface area contributed by atoms with Crippen molar-refractivity contribution in [3.8, 4) is 0 Å². The molecular formula is C9H8N2O2. The quantitative estimate of drug-likeness (QED) is 0.604. The highest BCUT2D eigenvalue weighted by atomic mass is 16.4. The van der Waals surface area contributed by atoms with E-state index in [2.05, 4.69) is 5.10 Å². The van der Waals surface area contributed by atoms with Crippen molar-refractivity contribution in [3.05, 3.63) is 34.8 Å². The molecule has 13 heavy (non-hydrogen) atoms. The zero-order valence-electron chi connectivity index (χ0n) is 6.84. The minimum absolute atomic E-state index is 0.326. The molecule has 2 rings (SSSR count). The second-order valence-electron chi connectivity index (χ2n) is 2.73. The van der Waals surface area contributed by atoms with Crippen LogP contribution in [0.2, 0.25) is 0 Å². The molecular weight excluding hydrogens is 168 g/mol. The fraction of sp³-hybridized carbons (Fsp3) is 0.111. The van der Waals surface area contributed by atoms with Crippen LogP contribution in [0.25, 0.3) is 6.08 Å². The Balaban J connectivity index is 2.55. The number of fused-ring (bicyclic) bond motifs is 1. The van der Waals surface area contributed by atoms with Crippen molar-refractivity contribution < 1.29 is 9.90 Å². The summed E-state index contributed by atoms with van der Waals surface area (Å²) >= 11 is 0. The van der Waals surface area contributed by atoms with Crippen LogP contribution < -0.4 is 10.6 Å². The Morgan fingerprint density at radius 3 is 3.00 bits per heavy atom. The van der Waals surface area contributed by atoms with Crippen LogP contribution >= 0.6 is 0 Å². The van der Waals surface area contributed by atoms with Crippen molar-refractivity contribution in [1.29, 1.82) is 0 Å². The second kappa shape index (κ2) is 2.90. The molecule has 1 aliphatic rings. The highest BCUT2D eigenvalue weighted by molar-refractivity contribution is 5.65. The van der Waals surface area contributed by atoms with Crippen LogP contribution in [0.5, 0.6) is 0 Å². The summed E-state index contributed by atoms with van der Waals surface area (Å²) in [5.74, 6) is 0. The summed E-state index contributed by atoms with van der Waals surface area (Å²) < 4.78 is 0. The van der Waals surface area contributed by atoms with Gasteiger partial charge in [0.05, 0.1) is 11.9 Å². The standard InChI is InChI=1S/C9H8N2O2/c12-9(13)11-6-5-7-3-1-2-4-8(7)10-11/h1-5H,6H2,(H,12,13). The van der Waals surface area contributed by atoms with Crippen molar-refractivity contribution in [2.75, 3.05) is 6.54 Å². The van der Waals surface area contributed by atoms with E-state index in [0.29, 0.717) is 11.9 Å². The third-order valence-corrected chi connectivity index (χ3v) is 1.87. The van der Waals surface area contributed by atoms with Gasteiger partial charge in [-0.2, -0.15) is 10.1 Å². The number of carboxylic acid groups (broad SMARTS) is 1. The van der Waals surface area contributed by atoms with Gasteiger partial charge in [-0.15, -0.1) is 0 Å². The average molecular weight is 176 g/mol. The first-order valence-electron chi connectivity index (χ1n) is 3.92. The molecule has 0 saturated heterocycles. The molecule has 66 valence electrons. The molecule has 0 spiro atoms. The number of nitrogens with zero attached hydrogens (tertiary/aromatic N) is 2. The van der Waals surface area contributed by atoms with E-state index >= 15 is 0 Å². The Hall–Kier alpha value is -1.84. The summed E-state index contributed by atoms with van der Waals surface area (Å²) in [7, 11) is 0. The van der Waals surface area contributed by atoms with Gasteiger partial charge in [0.15, 0.2) is 0 Å². The third kappa shape index (κ3) is 1.38. The SMILES string of the molecule is O=C(O)N1CC=c2ccccc2=N1. The first-order valence-corrected chi connectivity index (χ1v) is 3.92. The zero-order chi connectivity index (χ0) is 9.26. The lowest BCUT2D eigenvalue weighted by atomic mass is 10.2. The van der Waals surface area contributed by atoms with Crippen molar-refractivity contribution >= 4 is 12.2 Å². The molecule has 1 amide bonds. The van der Waals surface area contributed by atoms with Gasteiger partial charge in [-0.25, -0.2) is 4.79 Å². The molecule has 0 unspecified atom stereocenters. The lowest BCUT2D eigenvalue weighted by molar-refractivity contribution is 0.151. The minimum atomic E-state index is -1.02. The van der Waals surface area contributed by atoms with Gasteiger partial charge < -0.3 is 5.11 Å². The predicted molar refractivity (Wildman–Crippen MR) is 46.4 cm³/mol. The summed E-state index contributed by atoms with van der Waals surface area (Å²) in [6.07, 6.45) is 0.821. The van der Waals surface area contributed by atoms with E-state index in [1.165, 1.54) is 0 Å². The summed E-state index contributed by atoms with van der Waals surface area (Å²) in [6.45, 7) is 0.326. The van der Waals surface area contributed by atoms with E-state index in [0.717, 1.165) is 10.2 Å². The first-order chi connectivity index (χ1) is 6.27. The Morgan fingerprint density at radius 1 is 1.46 bits per heavy atom. The normalized spacial score (nSPS) is 14.0. The molecule has 1 aromatic carbocycles. The molecule has 0 fully saturated rings. The summed E-state index contributed by atoms with van der Waals surface area (Å²) in [5, 5.41) is 15.3. The van der Waals surface area contributed by atoms with Crippen LogP contribution in [0.4, 0.5) is 4.79 Å². The van der Waals surface area contributed by atoms with Gasteiger partial charge in [-0.05, 0) is 11.3 Å². The molecule has 1 heterocycles. The minimum Gasteiger partial charge on any atom is -0.464 e. The number of carbonyl (C=O) groups is 1.